The first-order valence-electron chi connectivity index (χ1n) is 0.827. The first kappa shape index (κ1) is 13.8. The normalized spacial score (nSPS) is 7.86. The number of rotatable bonds is 0. The van der Waals surface area contributed by atoms with E-state index in [0.717, 1.165) is 0 Å². The summed E-state index contributed by atoms with van der Waals surface area (Å²) < 4.78 is 0. The quantitative estimate of drug-likeness (QED) is 0.293. The van der Waals surface area contributed by atoms with Crippen molar-refractivity contribution in [2.75, 3.05) is 0 Å². The van der Waals surface area contributed by atoms with E-state index in [4.69, 9.17) is 19.7 Å². The average molecular weight is 601 g/mol. The van der Waals surface area contributed by atoms with Crippen molar-refractivity contribution in [3.05, 3.63) is 0 Å². The van der Waals surface area contributed by atoms with E-state index >= 15 is 0 Å². The summed E-state index contributed by atoms with van der Waals surface area (Å²) in [6, 6.07) is 0. The van der Waals surface area contributed by atoms with Gasteiger partial charge in [-0.05, 0) is 0 Å². The van der Waals surface area contributed by atoms with Gasteiger partial charge in [0.25, 0.3) is 0 Å². The average Bonchev–Trinajstić information content (AvgIpc) is 1.33. The molecule has 0 N–H and O–H groups in total. The minimum atomic E-state index is -1.53. The van der Waals surface area contributed by atoms with E-state index in [-0.39, 0.29) is 10.1 Å². The zero-order chi connectivity index (χ0) is 6.28. The summed E-state index contributed by atoms with van der Waals surface area (Å²) >= 11 is 3.40. The summed E-state index contributed by atoms with van der Waals surface area (Å²) in [5.41, 5.74) is 0. The molecular weight excluding hydrogens is 601 g/mol. The Morgan fingerprint density at radius 3 is 1.14 bits per heavy atom. The molecular formula is Cl3I2LuZn. The van der Waals surface area contributed by atoms with Gasteiger partial charge in [-0.15, -0.1) is 0 Å². The maximum atomic E-state index is 4.92. The molecule has 0 saturated carbocycles. The molecule has 0 aliphatic heterocycles. The molecule has 0 amide bonds. The second-order valence-corrected chi connectivity index (χ2v) is 31.0. The summed E-state index contributed by atoms with van der Waals surface area (Å²) in [5, 5.41) is 0. The van der Waals surface area contributed by atoms with Gasteiger partial charge in [0.2, 0.25) is 0 Å². The van der Waals surface area contributed by atoms with Crippen LogP contribution in [0.3, 0.4) is 0 Å². The molecule has 0 aromatic carbocycles. The Hall–Kier alpha value is 4.19. The van der Waals surface area contributed by atoms with Crippen LogP contribution in [0.5, 0.6) is 0 Å². The first-order valence-corrected chi connectivity index (χ1v) is 25.1. The molecule has 7 heteroatoms. The molecule has 0 aliphatic carbocycles. The van der Waals surface area contributed by atoms with Crippen molar-refractivity contribution in [1.82, 2.24) is 0 Å². The van der Waals surface area contributed by atoms with Gasteiger partial charge in [-0.1, -0.05) is 0 Å². The summed E-state index contributed by atoms with van der Waals surface area (Å²) in [5.74, 6) is 0. The van der Waals surface area contributed by atoms with Crippen LogP contribution >= 0.6 is 59.2 Å². The van der Waals surface area contributed by atoms with Gasteiger partial charge < -0.3 is 0 Å². The summed E-state index contributed by atoms with van der Waals surface area (Å²) in [6.45, 7) is 14.7. The Balaban J connectivity index is 0. The van der Waals surface area contributed by atoms with E-state index < -0.39 is 26.7 Å². The standard InChI is InChI=1S/3ClH.2HI.Lu.Zn/h5*1H;;/q;;;;;+3;+2/p-5. The fourth-order valence-corrected chi connectivity index (χ4v) is 0. The molecule has 0 nitrogen and oxygen atoms in total. The van der Waals surface area contributed by atoms with Crippen LogP contribution < -0.4 is 0 Å². The predicted molar refractivity (Wildman–Crippen MR) is 45.6 cm³/mol. The molecule has 0 saturated heterocycles. The Morgan fingerprint density at radius 1 is 1.14 bits per heavy atom. The summed E-state index contributed by atoms with van der Waals surface area (Å²) in [6.07, 6.45) is 0. The monoisotopic (exact) mass is 598 g/mol. The Morgan fingerprint density at radius 2 is 1.14 bits per heavy atom. The maximum absolute atomic E-state index is 4.92. The molecule has 0 spiro atoms. The van der Waals surface area contributed by atoms with Crippen molar-refractivity contribution in [3.8, 4) is 0 Å². The summed E-state index contributed by atoms with van der Waals surface area (Å²) in [4.78, 5) is 0. The molecule has 0 bridgehead atoms. The molecule has 0 fully saturated rings. The molecule has 0 unspecified atom stereocenters. The van der Waals surface area contributed by atoms with Crippen molar-refractivity contribution in [1.29, 1.82) is 0 Å². The Labute approximate surface area is 92.7 Å². The molecule has 0 aliphatic rings. The first-order chi connectivity index (χ1) is 3.15. The summed E-state index contributed by atoms with van der Waals surface area (Å²) in [7, 11) is 0.0650. The molecule has 7 heavy (non-hydrogen) atoms. The van der Waals surface area contributed by atoms with Crippen molar-refractivity contribution in [2.45, 2.75) is 0 Å². The van der Waals surface area contributed by atoms with Gasteiger partial charge in [0.15, 0.2) is 0 Å². The van der Waals surface area contributed by atoms with E-state index in [1.165, 1.54) is 0 Å². The molecule has 0 aromatic rings. The third-order valence-electron chi connectivity index (χ3n) is 0. The van der Waals surface area contributed by atoms with Crippen LogP contribution in [0, 0.1) is 26.7 Å². The molecule has 0 radical (unpaired) electrons. The van der Waals surface area contributed by atoms with E-state index in [2.05, 4.69) is 39.5 Å². The van der Waals surface area contributed by atoms with Crippen LogP contribution in [0.15, 0.2) is 0 Å². The van der Waals surface area contributed by atoms with Crippen molar-refractivity contribution < 1.29 is 36.8 Å². The van der Waals surface area contributed by atoms with E-state index in [1.54, 1.807) is 0 Å². The number of hydrogen-bond acceptors (Lipinski definition) is 0. The topological polar surface area (TPSA) is 0 Å². The predicted octanol–water partition coefficient (Wildman–Crippen LogP) is 3.84. The van der Waals surface area contributed by atoms with Crippen LogP contribution in [0.25, 0.3) is 0 Å². The van der Waals surface area contributed by atoms with Crippen molar-refractivity contribution >= 4 is 59.2 Å². The van der Waals surface area contributed by atoms with Crippen LogP contribution in [0.1, 0.15) is 0 Å². The fraction of sp³-hybridized carbons (Fsp3) is 0. The molecule has 0 atom stereocenters. The van der Waals surface area contributed by atoms with Crippen LogP contribution in [0.4, 0.5) is 0 Å². The number of hydrogen-bond donors (Lipinski definition) is 0. The third-order valence-corrected chi connectivity index (χ3v) is 0. The second kappa shape index (κ2) is 12.8. The van der Waals surface area contributed by atoms with Crippen molar-refractivity contribution in [2.24, 2.45) is 0 Å². The Bertz CT molecular complexity index is 24.1. The fourth-order valence-electron chi connectivity index (χ4n) is 0. The molecule has 0 heterocycles. The van der Waals surface area contributed by atoms with Gasteiger partial charge in [-0.3, -0.25) is 0 Å². The molecule has 52 valence electrons. The SMILES string of the molecule is [Cl][Lu]([Cl])[Cl].[I][Zn][I]. The second-order valence-electron chi connectivity index (χ2n) is 0.212. The van der Waals surface area contributed by atoms with Crippen LogP contribution in [-0.2, 0) is 10.1 Å². The Kier molecular flexibility index (Phi) is 25.2. The van der Waals surface area contributed by atoms with Gasteiger partial charge in [-0.25, -0.2) is 0 Å². The van der Waals surface area contributed by atoms with Crippen LogP contribution in [0.2, 0.25) is 0 Å². The third kappa shape index (κ3) is 38.9. The van der Waals surface area contributed by atoms with Gasteiger partial charge >= 0.3 is 95.9 Å². The van der Waals surface area contributed by atoms with E-state index in [0.29, 0.717) is 0 Å². The van der Waals surface area contributed by atoms with Gasteiger partial charge in [0, 0.05) is 0 Å². The van der Waals surface area contributed by atoms with E-state index in [1.807, 2.05) is 0 Å². The molecule has 0 rings (SSSR count). The van der Waals surface area contributed by atoms with Gasteiger partial charge in [0.05, 0.1) is 0 Å². The zero-order valence-electron chi connectivity index (χ0n) is 2.86. The van der Waals surface area contributed by atoms with Gasteiger partial charge in [0.1, 0.15) is 0 Å². The number of halogens is 5. The minimum absolute atomic E-state index is 0.0650. The van der Waals surface area contributed by atoms with Gasteiger partial charge in [-0.2, -0.15) is 0 Å². The van der Waals surface area contributed by atoms with Crippen molar-refractivity contribution in [3.63, 3.8) is 0 Å². The molecule has 0 aromatic heterocycles. The zero-order valence-corrected chi connectivity index (χ0v) is 14.1. The van der Waals surface area contributed by atoms with E-state index in [9.17, 15) is 0 Å². The van der Waals surface area contributed by atoms with Crippen LogP contribution in [-0.4, -0.2) is 0 Å².